The zero-order chi connectivity index (χ0) is 17.9. The second-order valence-electron chi connectivity index (χ2n) is 6.96. The number of carbonyl (C=O) groups is 2. The van der Waals surface area contributed by atoms with Crippen LogP contribution in [0.15, 0.2) is 18.2 Å². The summed E-state index contributed by atoms with van der Waals surface area (Å²) in [7, 11) is 0. The molecule has 1 aromatic carbocycles. The lowest BCUT2D eigenvalue weighted by Gasteiger charge is -2.33. The molecule has 132 valence electrons. The predicted molar refractivity (Wildman–Crippen MR) is 84.3 cm³/mol. The van der Waals surface area contributed by atoms with Crippen molar-refractivity contribution >= 4 is 12.0 Å². The molecule has 1 aromatic rings. The molecule has 1 aliphatic rings. The van der Waals surface area contributed by atoms with Gasteiger partial charge in [-0.1, -0.05) is 6.07 Å². The highest BCUT2D eigenvalue weighted by Crippen LogP contribution is 2.22. The van der Waals surface area contributed by atoms with E-state index in [0.717, 1.165) is 6.07 Å². The van der Waals surface area contributed by atoms with Crippen molar-refractivity contribution in [2.45, 2.75) is 45.3 Å². The lowest BCUT2D eigenvalue weighted by atomic mass is 9.86. The molecular formula is C17H22F2N2O3. The molecule has 5 nitrogen and oxygen atoms in total. The van der Waals surface area contributed by atoms with Gasteiger partial charge in [-0.05, 0) is 44.7 Å². The molecule has 1 aliphatic heterocycles. The summed E-state index contributed by atoms with van der Waals surface area (Å²) in [5.41, 5.74) is -0.326. The smallest absolute Gasteiger partial charge is 0.407 e. The maximum Gasteiger partial charge on any atom is 0.407 e. The molecule has 0 saturated carbocycles. The number of amides is 2. The highest BCUT2D eigenvalue weighted by molar-refractivity contribution is 5.78. The van der Waals surface area contributed by atoms with Crippen molar-refractivity contribution in [3.05, 3.63) is 35.4 Å². The number of ether oxygens (including phenoxy) is 1. The fraction of sp³-hybridized carbons (Fsp3) is 0.529. The summed E-state index contributed by atoms with van der Waals surface area (Å²) in [6.45, 7) is 5.49. The highest BCUT2D eigenvalue weighted by atomic mass is 19.1. The van der Waals surface area contributed by atoms with E-state index in [9.17, 15) is 18.4 Å². The number of piperidine rings is 1. The highest BCUT2D eigenvalue weighted by Gasteiger charge is 2.32. The van der Waals surface area contributed by atoms with Gasteiger partial charge in [0.1, 0.15) is 17.2 Å². The Bertz CT molecular complexity index is 629. The van der Waals surface area contributed by atoms with Crippen LogP contribution in [0.3, 0.4) is 0 Å². The van der Waals surface area contributed by atoms with Crippen molar-refractivity contribution in [1.29, 1.82) is 0 Å². The number of nitrogens with one attached hydrogen (secondary N) is 2. The van der Waals surface area contributed by atoms with E-state index in [4.69, 9.17) is 4.74 Å². The zero-order valence-corrected chi connectivity index (χ0v) is 14.0. The van der Waals surface area contributed by atoms with Crippen molar-refractivity contribution in [1.82, 2.24) is 10.6 Å². The lowest BCUT2D eigenvalue weighted by Crippen LogP contribution is -2.54. The summed E-state index contributed by atoms with van der Waals surface area (Å²) < 4.78 is 32.1. The summed E-state index contributed by atoms with van der Waals surface area (Å²) in [6.07, 6.45) is -0.217. The Morgan fingerprint density at radius 3 is 2.71 bits per heavy atom. The van der Waals surface area contributed by atoms with Crippen LogP contribution in [0.25, 0.3) is 0 Å². The van der Waals surface area contributed by atoms with Gasteiger partial charge in [-0.25, -0.2) is 13.6 Å². The normalized spacial score (nSPS) is 21.1. The van der Waals surface area contributed by atoms with E-state index in [1.807, 2.05) is 0 Å². The fourth-order valence-corrected chi connectivity index (χ4v) is 2.65. The maximum absolute atomic E-state index is 13.9. The molecule has 2 atom stereocenters. The SMILES string of the molecule is CC(C)(C)OC(=O)NC1CNC(=O)CC1Cc1ccc(F)cc1F. The average Bonchev–Trinajstić information content (AvgIpc) is 2.43. The van der Waals surface area contributed by atoms with Crippen LogP contribution in [0.5, 0.6) is 0 Å². The number of halogens is 2. The third-order valence-corrected chi connectivity index (χ3v) is 3.74. The average molecular weight is 340 g/mol. The van der Waals surface area contributed by atoms with Crippen LogP contribution in [0.2, 0.25) is 0 Å². The molecule has 2 amide bonds. The van der Waals surface area contributed by atoms with Crippen molar-refractivity contribution in [2.24, 2.45) is 5.92 Å². The Labute approximate surface area is 139 Å². The fourth-order valence-electron chi connectivity index (χ4n) is 2.65. The van der Waals surface area contributed by atoms with E-state index < -0.39 is 23.3 Å². The minimum absolute atomic E-state index is 0.150. The van der Waals surface area contributed by atoms with Crippen LogP contribution < -0.4 is 10.6 Å². The van der Waals surface area contributed by atoms with Crippen molar-refractivity contribution in [3.8, 4) is 0 Å². The molecule has 2 unspecified atom stereocenters. The first-order chi connectivity index (χ1) is 11.1. The van der Waals surface area contributed by atoms with Gasteiger partial charge in [0.05, 0.1) is 6.04 Å². The van der Waals surface area contributed by atoms with E-state index in [1.165, 1.54) is 12.1 Å². The van der Waals surface area contributed by atoms with Crippen LogP contribution in [0.4, 0.5) is 13.6 Å². The molecule has 2 rings (SSSR count). The first-order valence-electron chi connectivity index (χ1n) is 7.84. The van der Waals surface area contributed by atoms with E-state index in [1.54, 1.807) is 20.8 Å². The number of hydrogen-bond acceptors (Lipinski definition) is 3. The molecule has 1 saturated heterocycles. The Morgan fingerprint density at radius 1 is 1.38 bits per heavy atom. The minimum Gasteiger partial charge on any atom is -0.444 e. The van der Waals surface area contributed by atoms with Crippen LogP contribution in [0.1, 0.15) is 32.8 Å². The first kappa shape index (κ1) is 18.2. The van der Waals surface area contributed by atoms with Gasteiger partial charge in [0.25, 0.3) is 0 Å². The van der Waals surface area contributed by atoms with Gasteiger partial charge >= 0.3 is 6.09 Å². The summed E-state index contributed by atoms with van der Waals surface area (Å²) >= 11 is 0. The summed E-state index contributed by atoms with van der Waals surface area (Å²) in [4.78, 5) is 23.6. The molecule has 7 heteroatoms. The van der Waals surface area contributed by atoms with Gasteiger partial charge in [-0.3, -0.25) is 4.79 Å². The summed E-state index contributed by atoms with van der Waals surface area (Å²) in [5.74, 6) is -1.77. The minimum atomic E-state index is -0.656. The molecule has 0 radical (unpaired) electrons. The van der Waals surface area contributed by atoms with Gasteiger partial charge in [-0.15, -0.1) is 0 Å². The zero-order valence-electron chi connectivity index (χ0n) is 14.0. The number of hydrogen-bond donors (Lipinski definition) is 2. The van der Waals surface area contributed by atoms with Crippen molar-refractivity contribution in [2.75, 3.05) is 6.54 Å². The molecule has 0 bridgehead atoms. The molecule has 0 aromatic heterocycles. The van der Waals surface area contributed by atoms with Crippen LogP contribution in [-0.4, -0.2) is 30.2 Å². The second kappa shape index (κ2) is 7.15. The number of alkyl carbamates (subject to hydrolysis) is 1. The van der Waals surface area contributed by atoms with Gasteiger partial charge in [-0.2, -0.15) is 0 Å². The Balaban J connectivity index is 2.08. The van der Waals surface area contributed by atoms with E-state index >= 15 is 0 Å². The van der Waals surface area contributed by atoms with Crippen molar-refractivity contribution in [3.63, 3.8) is 0 Å². The van der Waals surface area contributed by atoms with E-state index in [0.29, 0.717) is 5.56 Å². The Morgan fingerprint density at radius 2 is 2.08 bits per heavy atom. The maximum atomic E-state index is 13.9. The quantitative estimate of drug-likeness (QED) is 0.888. The monoisotopic (exact) mass is 340 g/mol. The molecule has 1 heterocycles. The summed E-state index contributed by atoms with van der Waals surface area (Å²) in [5, 5.41) is 5.40. The van der Waals surface area contributed by atoms with E-state index in [2.05, 4.69) is 10.6 Å². The standard InChI is InChI=1S/C17H22F2N2O3/c1-17(2,3)24-16(23)21-14-9-20-15(22)7-11(14)6-10-4-5-12(18)8-13(10)19/h4-5,8,11,14H,6-7,9H2,1-3H3,(H,20,22)(H,21,23). The van der Waals surface area contributed by atoms with E-state index in [-0.39, 0.29) is 37.3 Å². The largest absolute Gasteiger partial charge is 0.444 e. The summed E-state index contributed by atoms with van der Waals surface area (Å²) in [6, 6.07) is 2.97. The van der Waals surface area contributed by atoms with Crippen LogP contribution in [-0.2, 0) is 16.0 Å². The molecular weight excluding hydrogens is 318 g/mol. The first-order valence-corrected chi connectivity index (χ1v) is 7.84. The van der Waals surface area contributed by atoms with Gasteiger partial charge in [0.2, 0.25) is 5.91 Å². The number of benzene rings is 1. The Hall–Kier alpha value is -2.18. The molecule has 1 fully saturated rings. The second-order valence-corrected chi connectivity index (χ2v) is 6.96. The molecule has 24 heavy (non-hydrogen) atoms. The Kier molecular flexibility index (Phi) is 5.41. The topological polar surface area (TPSA) is 67.4 Å². The number of carbonyl (C=O) groups excluding carboxylic acids is 2. The molecule has 2 N–H and O–H groups in total. The molecule has 0 spiro atoms. The molecule has 0 aliphatic carbocycles. The lowest BCUT2D eigenvalue weighted by molar-refractivity contribution is -0.124. The van der Waals surface area contributed by atoms with Gasteiger partial charge in [0.15, 0.2) is 0 Å². The third kappa shape index (κ3) is 5.18. The predicted octanol–water partition coefficient (Wildman–Crippen LogP) is 2.54. The van der Waals surface area contributed by atoms with Gasteiger partial charge in [0, 0.05) is 19.0 Å². The number of rotatable bonds is 3. The van der Waals surface area contributed by atoms with Gasteiger partial charge < -0.3 is 15.4 Å². The van der Waals surface area contributed by atoms with Crippen molar-refractivity contribution < 1.29 is 23.1 Å². The third-order valence-electron chi connectivity index (χ3n) is 3.74. The van der Waals surface area contributed by atoms with Crippen LogP contribution >= 0.6 is 0 Å². The van der Waals surface area contributed by atoms with Crippen LogP contribution in [0, 0.1) is 17.6 Å².